The second-order valence-corrected chi connectivity index (χ2v) is 7.34. The highest BCUT2D eigenvalue weighted by molar-refractivity contribution is 6.30. The predicted molar refractivity (Wildman–Crippen MR) is 112 cm³/mol. The van der Waals surface area contributed by atoms with Gasteiger partial charge in [0, 0.05) is 41.8 Å². The van der Waals surface area contributed by atoms with E-state index in [9.17, 15) is 4.79 Å². The van der Waals surface area contributed by atoms with Crippen LogP contribution in [0.15, 0.2) is 55.0 Å². The average molecular weight is 406 g/mol. The van der Waals surface area contributed by atoms with Crippen LogP contribution in [0.3, 0.4) is 0 Å². The maximum atomic E-state index is 12.7. The van der Waals surface area contributed by atoms with Gasteiger partial charge in [-0.1, -0.05) is 29.8 Å². The third-order valence-corrected chi connectivity index (χ3v) is 5.13. The molecule has 0 unspecified atom stereocenters. The van der Waals surface area contributed by atoms with Crippen molar-refractivity contribution in [1.29, 1.82) is 0 Å². The number of carbonyl (C=O) groups excluding carboxylic acids is 1. The molecule has 0 aliphatic rings. The first-order chi connectivity index (χ1) is 14.0. The molecule has 0 saturated carbocycles. The summed E-state index contributed by atoms with van der Waals surface area (Å²) in [5.74, 6) is -0.210. The lowest BCUT2D eigenvalue weighted by atomic mass is 10.0. The summed E-state index contributed by atoms with van der Waals surface area (Å²) in [6, 6.07) is 11.5. The van der Waals surface area contributed by atoms with Gasteiger partial charge in [0.25, 0.3) is 5.91 Å². The molecule has 3 heterocycles. The van der Waals surface area contributed by atoms with Crippen LogP contribution in [0.5, 0.6) is 0 Å². The van der Waals surface area contributed by atoms with Gasteiger partial charge in [0.1, 0.15) is 5.56 Å². The summed E-state index contributed by atoms with van der Waals surface area (Å²) >= 11 is 6.12. The van der Waals surface area contributed by atoms with Gasteiger partial charge in [-0.25, -0.2) is 9.50 Å². The summed E-state index contributed by atoms with van der Waals surface area (Å²) in [5, 5.41) is 8.02. The maximum Gasteiger partial charge on any atom is 0.257 e. The van der Waals surface area contributed by atoms with Crippen LogP contribution in [-0.4, -0.2) is 25.5 Å². The first-order valence-corrected chi connectivity index (χ1v) is 9.66. The smallest absolute Gasteiger partial charge is 0.257 e. The van der Waals surface area contributed by atoms with Crippen LogP contribution in [0.25, 0.3) is 5.65 Å². The van der Waals surface area contributed by atoms with Crippen LogP contribution in [0.1, 0.15) is 38.4 Å². The molecule has 6 nitrogen and oxygen atoms in total. The molecule has 4 rings (SSSR count). The zero-order valence-corrected chi connectivity index (χ0v) is 16.9. The quantitative estimate of drug-likeness (QED) is 0.546. The van der Waals surface area contributed by atoms with Crippen LogP contribution in [-0.2, 0) is 13.0 Å². The van der Waals surface area contributed by atoms with E-state index in [1.54, 1.807) is 23.1 Å². The van der Waals surface area contributed by atoms with Gasteiger partial charge in [-0.15, -0.1) is 0 Å². The van der Waals surface area contributed by atoms with Crippen molar-refractivity contribution in [2.75, 3.05) is 0 Å². The molecule has 0 radical (unpaired) electrons. The molecule has 146 valence electrons. The van der Waals surface area contributed by atoms with Crippen LogP contribution in [0.4, 0.5) is 0 Å². The fourth-order valence-corrected chi connectivity index (χ4v) is 3.57. The summed E-state index contributed by atoms with van der Waals surface area (Å²) in [6.07, 6.45) is 5.69. The van der Waals surface area contributed by atoms with Crippen molar-refractivity contribution in [2.45, 2.75) is 26.8 Å². The van der Waals surface area contributed by atoms with E-state index in [4.69, 9.17) is 11.6 Å². The average Bonchev–Trinajstić information content (AvgIpc) is 3.14. The van der Waals surface area contributed by atoms with Gasteiger partial charge in [-0.2, -0.15) is 5.10 Å². The van der Waals surface area contributed by atoms with Crippen LogP contribution in [0.2, 0.25) is 5.02 Å². The fourth-order valence-electron chi connectivity index (χ4n) is 3.36. The second-order valence-electron chi connectivity index (χ2n) is 6.91. The first-order valence-electron chi connectivity index (χ1n) is 9.28. The van der Waals surface area contributed by atoms with E-state index < -0.39 is 0 Å². The molecule has 0 spiro atoms. The monoisotopic (exact) mass is 405 g/mol. The molecule has 0 bridgehead atoms. The summed E-state index contributed by atoms with van der Waals surface area (Å²) in [7, 11) is 0. The van der Waals surface area contributed by atoms with Crippen molar-refractivity contribution in [3.05, 3.63) is 93.7 Å². The zero-order chi connectivity index (χ0) is 20.4. The number of hydrogen-bond donors (Lipinski definition) is 1. The zero-order valence-electron chi connectivity index (χ0n) is 16.2. The number of halogens is 1. The largest absolute Gasteiger partial charge is 0.348 e. The van der Waals surface area contributed by atoms with E-state index in [1.807, 2.05) is 50.2 Å². The molecule has 0 saturated heterocycles. The number of nitrogens with one attached hydrogen (secondary N) is 1. The number of pyridine rings is 1. The fraction of sp³-hybridized carbons (Fsp3) is 0.182. The Bertz CT molecular complexity index is 1190. The molecule has 0 fully saturated rings. The molecule has 29 heavy (non-hydrogen) atoms. The third-order valence-electron chi connectivity index (χ3n) is 4.90. The summed E-state index contributed by atoms with van der Waals surface area (Å²) in [5.41, 5.74) is 5.95. The number of amides is 1. The van der Waals surface area contributed by atoms with E-state index >= 15 is 0 Å². The lowest BCUT2D eigenvalue weighted by Crippen LogP contribution is -2.23. The number of fused-ring (bicyclic) bond motifs is 1. The van der Waals surface area contributed by atoms with E-state index in [-0.39, 0.29) is 5.91 Å². The molecule has 1 N–H and O–H groups in total. The molecule has 0 aliphatic heterocycles. The molecule has 4 aromatic rings. The molecule has 1 aromatic carbocycles. The van der Waals surface area contributed by atoms with Crippen molar-refractivity contribution in [3.8, 4) is 0 Å². The predicted octanol–water partition coefficient (Wildman–Crippen LogP) is 3.92. The Hall–Kier alpha value is -3.25. The van der Waals surface area contributed by atoms with E-state index in [2.05, 4.69) is 20.4 Å². The highest BCUT2D eigenvalue weighted by atomic mass is 35.5. The van der Waals surface area contributed by atoms with Crippen molar-refractivity contribution in [1.82, 2.24) is 24.9 Å². The van der Waals surface area contributed by atoms with Gasteiger partial charge in [0.2, 0.25) is 0 Å². The number of aryl methyl sites for hydroxylation is 2. The maximum absolute atomic E-state index is 12.7. The normalized spacial score (nSPS) is 11.0. The van der Waals surface area contributed by atoms with Crippen molar-refractivity contribution in [3.63, 3.8) is 0 Å². The Morgan fingerprint density at radius 3 is 2.72 bits per heavy atom. The molecule has 0 aliphatic carbocycles. The lowest BCUT2D eigenvalue weighted by Gasteiger charge is -2.12. The molecule has 0 atom stereocenters. The Kier molecular flexibility index (Phi) is 5.27. The molecular weight excluding hydrogens is 386 g/mol. The summed E-state index contributed by atoms with van der Waals surface area (Å²) in [4.78, 5) is 21.4. The molecule has 1 amide bonds. The minimum absolute atomic E-state index is 0.210. The minimum Gasteiger partial charge on any atom is -0.348 e. The van der Waals surface area contributed by atoms with Gasteiger partial charge < -0.3 is 5.32 Å². The van der Waals surface area contributed by atoms with Crippen molar-refractivity contribution < 1.29 is 4.79 Å². The minimum atomic E-state index is -0.210. The highest BCUT2D eigenvalue weighted by Crippen LogP contribution is 2.21. The molecular formula is C22H20ClN5O. The second kappa shape index (κ2) is 8.01. The number of nitrogens with zero attached hydrogens (tertiary/aromatic N) is 4. The van der Waals surface area contributed by atoms with Gasteiger partial charge in [-0.3, -0.25) is 9.78 Å². The summed E-state index contributed by atoms with van der Waals surface area (Å²) in [6.45, 7) is 4.35. The first kappa shape index (κ1) is 19.1. The number of rotatable bonds is 5. The van der Waals surface area contributed by atoms with Crippen molar-refractivity contribution >= 4 is 23.2 Å². The number of carbonyl (C=O) groups is 1. The van der Waals surface area contributed by atoms with Crippen LogP contribution < -0.4 is 5.32 Å². The Balaban J connectivity index is 1.62. The van der Waals surface area contributed by atoms with Gasteiger partial charge >= 0.3 is 0 Å². The third kappa shape index (κ3) is 3.98. The van der Waals surface area contributed by atoms with E-state index in [0.29, 0.717) is 29.2 Å². The highest BCUT2D eigenvalue weighted by Gasteiger charge is 2.18. The standard InChI is InChI=1S/C22H20ClN5O/c1-14-19(10-16-5-3-7-18(23)9-16)15(2)28-21(27-14)20(13-26-28)22(29)25-12-17-6-4-8-24-11-17/h3-9,11,13H,10,12H2,1-2H3,(H,25,29). The van der Waals surface area contributed by atoms with Crippen LogP contribution in [0, 0.1) is 13.8 Å². The molecule has 7 heteroatoms. The summed E-state index contributed by atoms with van der Waals surface area (Å²) < 4.78 is 1.73. The number of aromatic nitrogens is 4. The van der Waals surface area contributed by atoms with Crippen molar-refractivity contribution in [2.24, 2.45) is 0 Å². The Morgan fingerprint density at radius 2 is 1.97 bits per heavy atom. The van der Waals surface area contributed by atoms with Crippen LogP contribution >= 0.6 is 11.6 Å². The van der Waals surface area contributed by atoms with E-state index in [0.717, 1.165) is 28.1 Å². The topological polar surface area (TPSA) is 72.2 Å². The van der Waals surface area contributed by atoms with E-state index in [1.165, 1.54) is 0 Å². The SMILES string of the molecule is Cc1nc2c(C(=O)NCc3cccnc3)cnn2c(C)c1Cc1cccc(Cl)c1. The van der Waals surface area contributed by atoms with Gasteiger partial charge in [0.05, 0.1) is 6.20 Å². The lowest BCUT2D eigenvalue weighted by molar-refractivity contribution is 0.0952. The number of hydrogen-bond acceptors (Lipinski definition) is 4. The Labute approximate surface area is 173 Å². The Morgan fingerprint density at radius 1 is 1.14 bits per heavy atom. The van der Waals surface area contributed by atoms with Gasteiger partial charge in [0.15, 0.2) is 5.65 Å². The van der Waals surface area contributed by atoms with Gasteiger partial charge in [-0.05, 0) is 48.7 Å². The molecule has 3 aromatic heterocycles. The number of benzene rings is 1.